The average Bonchev–Trinajstić information content (AvgIpc) is 2.49. The minimum Gasteiger partial charge on any atom is -0.481 e. The summed E-state index contributed by atoms with van der Waals surface area (Å²) in [6.45, 7) is 7.22. The van der Waals surface area contributed by atoms with E-state index in [1.54, 1.807) is 0 Å². The van der Waals surface area contributed by atoms with Crippen LogP contribution in [0.2, 0.25) is 0 Å². The van der Waals surface area contributed by atoms with Gasteiger partial charge in [-0.25, -0.2) is 0 Å². The zero-order valence-corrected chi connectivity index (χ0v) is 14.7. The van der Waals surface area contributed by atoms with Crippen molar-refractivity contribution < 1.29 is 28.9 Å². The molecule has 136 valence electrons. The fourth-order valence-electron chi connectivity index (χ4n) is 1.86. The smallest absolute Gasteiger partial charge is 0.305 e. The molecule has 1 N–H and O–H groups in total. The van der Waals surface area contributed by atoms with Crippen molar-refractivity contribution in [2.24, 2.45) is 5.92 Å². The number of esters is 1. The largest absolute Gasteiger partial charge is 0.481 e. The highest BCUT2D eigenvalue weighted by Gasteiger charge is 2.15. The molecule has 23 heavy (non-hydrogen) atoms. The highest BCUT2D eigenvalue weighted by Crippen LogP contribution is 2.11. The Morgan fingerprint density at radius 2 is 1.61 bits per heavy atom. The molecule has 1 unspecified atom stereocenters. The summed E-state index contributed by atoms with van der Waals surface area (Å²) in [5, 5.41) is 8.68. The van der Waals surface area contributed by atoms with Gasteiger partial charge in [-0.2, -0.15) is 0 Å². The van der Waals surface area contributed by atoms with Crippen molar-refractivity contribution in [1.82, 2.24) is 0 Å². The molecule has 6 heteroatoms. The third kappa shape index (κ3) is 14.2. The van der Waals surface area contributed by atoms with Gasteiger partial charge in [-0.1, -0.05) is 33.6 Å². The number of aliphatic carboxylic acids is 1. The van der Waals surface area contributed by atoms with Crippen molar-refractivity contribution in [3.8, 4) is 0 Å². The molecule has 0 rings (SSSR count). The fourth-order valence-corrected chi connectivity index (χ4v) is 1.86. The number of carboxylic acid groups (broad SMARTS) is 1. The van der Waals surface area contributed by atoms with Crippen LogP contribution in [0.15, 0.2) is 0 Å². The van der Waals surface area contributed by atoms with Crippen LogP contribution < -0.4 is 0 Å². The predicted octanol–water partition coefficient (Wildman–Crippen LogP) is 3.38. The van der Waals surface area contributed by atoms with Crippen LogP contribution in [0.5, 0.6) is 0 Å². The second-order valence-corrected chi connectivity index (χ2v) is 5.80. The predicted molar refractivity (Wildman–Crippen MR) is 87.1 cm³/mol. The van der Waals surface area contributed by atoms with Gasteiger partial charge in [-0.15, -0.1) is 0 Å². The summed E-state index contributed by atoms with van der Waals surface area (Å²) in [6.07, 6.45) is 4.20. The molecular weight excluding hydrogens is 300 g/mol. The maximum absolute atomic E-state index is 11.7. The number of carbonyl (C=O) groups excluding carboxylic acids is 1. The minimum atomic E-state index is -0.848. The molecule has 0 saturated heterocycles. The highest BCUT2D eigenvalue weighted by atomic mass is 16.7. The van der Waals surface area contributed by atoms with Gasteiger partial charge in [0.2, 0.25) is 0 Å². The Labute approximate surface area is 139 Å². The van der Waals surface area contributed by atoms with E-state index in [0.717, 1.165) is 25.7 Å². The molecule has 0 bridgehead atoms. The van der Waals surface area contributed by atoms with Crippen LogP contribution in [-0.4, -0.2) is 43.2 Å². The van der Waals surface area contributed by atoms with E-state index < -0.39 is 12.3 Å². The molecule has 0 spiro atoms. The van der Waals surface area contributed by atoms with Crippen molar-refractivity contribution in [1.29, 1.82) is 0 Å². The first-order valence-corrected chi connectivity index (χ1v) is 8.60. The summed E-state index contributed by atoms with van der Waals surface area (Å²) in [4.78, 5) is 22.3. The normalized spacial score (nSPS) is 12.3. The molecule has 6 nitrogen and oxygen atoms in total. The molecule has 0 aliphatic carbocycles. The molecule has 0 aromatic heterocycles. The van der Waals surface area contributed by atoms with Gasteiger partial charge in [-0.3, -0.25) is 9.59 Å². The Bertz CT molecular complexity index is 308. The molecule has 0 aliphatic rings. The Hall–Kier alpha value is -1.14. The van der Waals surface area contributed by atoms with E-state index in [-0.39, 0.29) is 31.3 Å². The van der Waals surface area contributed by atoms with Gasteiger partial charge in [0.25, 0.3) is 0 Å². The quantitative estimate of drug-likeness (QED) is 0.281. The van der Waals surface area contributed by atoms with Crippen LogP contribution in [0, 0.1) is 5.92 Å². The molecule has 0 radical (unpaired) electrons. The lowest BCUT2D eigenvalue weighted by molar-refractivity contribution is -0.183. The van der Waals surface area contributed by atoms with Gasteiger partial charge < -0.3 is 19.3 Å². The number of unbranched alkanes of at least 4 members (excludes halogenated alkanes) is 2. The number of ether oxygens (including phenoxy) is 3. The molecular formula is C17H32O6. The fraction of sp³-hybridized carbons (Fsp3) is 0.882. The van der Waals surface area contributed by atoms with E-state index in [9.17, 15) is 9.59 Å². The number of hydrogen-bond donors (Lipinski definition) is 1. The van der Waals surface area contributed by atoms with Gasteiger partial charge in [0.05, 0.1) is 0 Å². The second-order valence-electron chi connectivity index (χ2n) is 5.80. The molecule has 1 atom stereocenters. The first-order valence-electron chi connectivity index (χ1n) is 8.60. The Morgan fingerprint density at radius 3 is 2.09 bits per heavy atom. The maximum atomic E-state index is 11.7. The van der Waals surface area contributed by atoms with Crippen molar-refractivity contribution in [2.75, 3.05) is 19.8 Å². The summed E-state index contributed by atoms with van der Waals surface area (Å²) in [5.41, 5.74) is 0. The zero-order chi connectivity index (χ0) is 17.5. The van der Waals surface area contributed by atoms with E-state index in [1.165, 1.54) is 0 Å². The van der Waals surface area contributed by atoms with E-state index in [2.05, 4.69) is 13.8 Å². The molecule has 0 fully saturated rings. The monoisotopic (exact) mass is 332 g/mol. The zero-order valence-electron chi connectivity index (χ0n) is 14.7. The van der Waals surface area contributed by atoms with Gasteiger partial charge in [0.15, 0.2) is 6.29 Å². The number of hydrogen-bond acceptors (Lipinski definition) is 5. The van der Waals surface area contributed by atoms with Crippen molar-refractivity contribution in [3.63, 3.8) is 0 Å². The maximum Gasteiger partial charge on any atom is 0.305 e. The SMILES string of the molecule is CCCCOC(COC(=O)CCC(C)CC(=O)O)OCCCC. The van der Waals surface area contributed by atoms with Crippen molar-refractivity contribution in [3.05, 3.63) is 0 Å². The lowest BCUT2D eigenvalue weighted by Crippen LogP contribution is -2.26. The lowest BCUT2D eigenvalue weighted by Gasteiger charge is -2.18. The first-order chi connectivity index (χ1) is 11.0. The summed E-state index contributed by atoms with van der Waals surface area (Å²) in [7, 11) is 0. The molecule has 0 amide bonds. The summed E-state index contributed by atoms with van der Waals surface area (Å²) >= 11 is 0. The molecule has 0 aromatic carbocycles. The molecule has 0 heterocycles. The summed E-state index contributed by atoms with van der Waals surface area (Å²) in [6, 6.07) is 0. The first kappa shape index (κ1) is 21.9. The molecule has 0 saturated carbocycles. The third-order valence-corrected chi connectivity index (χ3v) is 3.35. The lowest BCUT2D eigenvalue weighted by atomic mass is 10.0. The third-order valence-electron chi connectivity index (χ3n) is 3.35. The van der Waals surface area contributed by atoms with Gasteiger partial charge in [0.1, 0.15) is 6.61 Å². The topological polar surface area (TPSA) is 82.1 Å². The van der Waals surface area contributed by atoms with Crippen LogP contribution in [0.3, 0.4) is 0 Å². The number of carboxylic acids is 1. The van der Waals surface area contributed by atoms with Crippen LogP contribution in [0.25, 0.3) is 0 Å². The Kier molecular flexibility index (Phi) is 13.7. The second kappa shape index (κ2) is 14.5. The van der Waals surface area contributed by atoms with E-state index in [0.29, 0.717) is 19.6 Å². The van der Waals surface area contributed by atoms with E-state index in [4.69, 9.17) is 19.3 Å². The molecule has 0 aliphatic heterocycles. The average molecular weight is 332 g/mol. The Morgan fingerprint density at radius 1 is 1.04 bits per heavy atom. The van der Waals surface area contributed by atoms with E-state index >= 15 is 0 Å². The minimum absolute atomic E-state index is 0.0440. The van der Waals surface area contributed by atoms with Gasteiger partial charge in [-0.05, 0) is 25.2 Å². The summed E-state index contributed by atoms with van der Waals surface area (Å²) < 4.78 is 16.3. The van der Waals surface area contributed by atoms with Gasteiger partial charge in [0, 0.05) is 26.1 Å². The number of rotatable bonds is 15. The standard InChI is InChI=1S/C17H32O6/c1-4-6-10-21-17(22-11-7-5-2)13-23-16(20)9-8-14(3)12-15(18)19/h14,17H,4-13H2,1-3H3,(H,18,19). The number of carbonyl (C=O) groups is 2. The Balaban J connectivity index is 3.99. The van der Waals surface area contributed by atoms with Crippen molar-refractivity contribution in [2.45, 2.75) is 72.0 Å². The van der Waals surface area contributed by atoms with Crippen molar-refractivity contribution >= 4 is 11.9 Å². The van der Waals surface area contributed by atoms with Crippen LogP contribution in [-0.2, 0) is 23.8 Å². The molecule has 0 aromatic rings. The van der Waals surface area contributed by atoms with E-state index in [1.807, 2.05) is 6.92 Å². The van der Waals surface area contributed by atoms with Crippen LogP contribution >= 0.6 is 0 Å². The van der Waals surface area contributed by atoms with Crippen LogP contribution in [0.1, 0.15) is 65.7 Å². The van der Waals surface area contributed by atoms with Gasteiger partial charge >= 0.3 is 11.9 Å². The highest BCUT2D eigenvalue weighted by molar-refractivity contribution is 5.70. The van der Waals surface area contributed by atoms with Crippen LogP contribution in [0.4, 0.5) is 0 Å². The summed E-state index contributed by atoms with van der Waals surface area (Å²) in [5.74, 6) is -1.23.